The van der Waals surface area contributed by atoms with Gasteiger partial charge in [0.25, 0.3) is 0 Å². The summed E-state index contributed by atoms with van der Waals surface area (Å²) >= 11 is 0. The first kappa shape index (κ1) is 13.8. The molecule has 0 aromatic heterocycles. The number of hydrogen-bond donors (Lipinski definition) is 1. The summed E-state index contributed by atoms with van der Waals surface area (Å²) in [5, 5.41) is 8.90. The van der Waals surface area contributed by atoms with E-state index in [9.17, 15) is 4.79 Å². The molecule has 0 aromatic rings. The molecular weight excluding hydrogens is 230 g/mol. The number of aliphatic carboxylic acids is 1. The van der Waals surface area contributed by atoms with Crippen molar-refractivity contribution < 1.29 is 14.6 Å². The fraction of sp³-hybridized carbons (Fsp3) is 0.929. The van der Waals surface area contributed by atoms with Crippen LogP contribution in [0.4, 0.5) is 0 Å². The van der Waals surface area contributed by atoms with Gasteiger partial charge in [-0.3, -0.25) is 9.69 Å². The molecule has 0 radical (unpaired) electrons. The van der Waals surface area contributed by atoms with Crippen LogP contribution in [0.1, 0.15) is 39.0 Å². The molecule has 0 amide bonds. The first-order valence-electron chi connectivity index (χ1n) is 7.20. The molecule has 2 saturated heterocycles. The van der Waals surface area contributed by atoms with Crippen molar-refractivity contribution in [2.24, 2.45) is 11.8 Å². The van der Waals surface area contributed by atoms with Gasteiger partial charge in [-0.15, -0.1) is 0 Å². The second-order valence-corrected chi connectivity index (χ2v) is 5.84. The fourth-order valence-corrected chi connectivity index (χ4v) is 3.29. The van der Waals surface area contributed by atoms with Crippen LogP contribution in [0, 0.1) is 11.8 Å². The Morgan fingerprint density at radius 3 is 2.94 bits per heavy atom. The Bertz CT molecular complexity index is 276. The Morgan fingerprint density at radius 1 is 1.44 bits per heavy atom. The minimum atomic E-state index is -0.666. The highest BCUT2D eigenvalue weighted by Crippen LogP contribution is 2.28. The number of likely N-dealkylation sites (tertiary alicyclic amines) is 1. The summed E-state index contributed by atoms with van der Waals surface area (Å²) in [6.45, 7) is 6.07. The number of carbonyl (C=O) groups is 1. The van der Waals surface area contributed by atoms with E-state index < -0.39 is 5.97 Å². The van der Waals surface area contributed by atoms with Crippen LogP contribution in [-0.2, 0) is 9.53 Å². The third-order valence-electron chi connectivity index (χ3n) is 4.44. The normalized spacial score (nSPS) is 32.1. The minimum Gasteiger partial charge on any atom is -0.481 e. The Morgan fingerprint density at radius 2 is 2.28 bits per heavy atom. The van der Waals surface area contributed by atoms with E-state index >= 15 is 0 Å². The topological polar surface area (TPSA) is 49.8 Å². The number of carboxylic acids is 1. The Kier molecular flexibility index (Phi) is 5.01. The summed E-state index contributed by atoms with van der Waals surface area (Å²) in [5.74, 6) is 0.159. The van der Waals surface area contributed by atoms with Crippen LogP contribution in [0.15, 0.2) is 0 Å². The molecule has 4 nitrogen and oxygen atoms in total. The van der Waals surface area contributed by atoms with Gasteiger partial charge in [0.2, 0.25) is 0 Å². The molecule has 2 aliphatic rings. The maximum absolute atomic E-state index is 10.8. The first-order chi connectivity index (χ1) is 8.66. The quantitative estimate of drug-likeness (QED) is 0.834. The lowest BCUT2D eigenvalue weighted by Crippen LogP contribution is -2.47. The standard InChI is InChI=1S/C14H25NO3/c1-11(8-14(16)17)12-4-2-6-15(9-12)13-5-3-7-18-10-13/h11-13H,2-10H2,1H3,(H,16,17). The van der Waals surface area contributed by atoms with Gasteiger partial charge >= 0.3 is 5.97 Å². The van der Waals surface area contributed by atoms with Crippen molar-refractivity contribution in [2.45, 2.75) is 45.1 Å². The summed E-state index contributed by atoms with van der Waals surface area (Å²) in [7, 11) is 0. The molecule has 0 aromatic carbocycles. The van der Waals surface area contributed by atoms with E-state index in [4.69, 9.17) is 9.84 Å². The molecule has 104 valence electrons. The zero-order valence-corrected chi connectivity index (χ0v) is 11.3. The number of nitrogens with zero attached hydrogens (tertiary/aromatic N) is 1. The first-order valence-corrected chi connectivity index (χ1v) is 7.20. The van der Waals surface area contributed by atoms with E-state index in [1.807, 2.05) is 0 Å². The van der Waals surface area contributed by atoms with Crippen LogP contribution in [-0.4, -0.2) is 48.3 Å². The van der Waals surface area contributed by atoms with Gasteiger partial charge in [0.1, 0.15) is 0 Å². The molecular formula is C14H25NO3. The fourth-order valence-electron chi connectivity index (χ4n) is 3.29. The summed E-state index contributed by atoms with van der Waals surface area (Å²) in [5.41, 5.74) is 0. The maximum Gasteiger partial charge on any atom is 0.303 e. The van der Waals surface area contributed by atoms with E-state index in [-0.39, 0.29) is 5.92 Å². The van der Waals surface area contributed by atoms with Crippen molar-refractivity contribution >= 4 is 5.97 Å². The number of carboxylic acid groups (broad SMARTS) is 1. The largest absolute Gasteiger partial charge is 0.481 e. The zero-order valence-electron chi connectivity index (χ0n) is 11.3. The molecule has 0 saturated carbocycles. The maximum atomic E-state index is 10.8. The second-order valence-electron chi connectivity index (χ2n) is 5.84. The minimum absolute atomic E-state index is 0.287. The van der Waals surface area contributed by atoms with Gasteiger partial charge in [-0.1, -0.05) is 6.92 Å². The third-order valence-corrected chi connectivity index (χ3v) is 4.44. The summed E-state index contributed by atoms with van der Waals surface area (Å²) in [6.07, 6.45) is 5.08. The lowest BCUT2D eigenvalue weighted by Gasteiger charge is -2.41. The SMILES string of the molecule is CC(CC(=O)O)C1CCCN(C2CCCOC2)C1. The van der Waals surface area contributed by atoms with E-state index in [0.29, 0.717) is 18.4 Å². The van der Waals surface area contributed by atoms with E-state index in [1.54, 1.807) is 0 Å². The molecule has 0 spiro atoms. The molecule has 2 fully saturated rings. The zero-order chi connectivity index (χ0) is 13.0. The number of ether oxygens (including phenoxy) is 1. The number of hydrogen-bond acceptors (Lipinski definition) is 3. The van der Waals surface area contributed by atoms with Gasteiger partial charge in [0.05, 0.1) is 6.61 Å². The molecule has 0 aliphatic carbocycles. The van der Waals surface area contributed by atoms with Crippen LogP contribution in [0.5, 0.6) is 0 Å². The molecule has 3 atom stereocenters. The van der Waals surface area contributed by atoms with Gasteiger partial charge < -0.3 is 9.84 Å². The monoisotopic (exact) mass is 255 g/mol. The predicted octanol–water partition coefficient (Wildman–Crippen LogP) is 1.99. The Balaban J connectivity index is 1.85. The second kappa shape index (κ2) is 6.53. The van der Waals surface area contributed by atoms with Crippen LogP contribution >= 0.6 is 0 Å². The Hall–Kier alpha value is -0.610. The van der Waals surface area contributed by atoms with Crippen molar-refractivity contribution in [1.29, 1.82) is 0 Å². The van der Waals surface area contributed by atoms with Gasteiger partial charge in [0.15, 0.2) is 0 Å². The molecule has 3 unspecified atom stereocenters. The van der Waals surface area contributed by atoms with E-state index in [1.165, 1.54) is 19.3 Å². The molecule has 2 heterocycles. The van der Waals surface area contributed by atoms with E-state index in [2.05, 4.69) is 11.8 Å². The van der Waals surface area contributed by atoms with Crippen molar-refractivity contribution in [3.8, 4) is 0 Å². The molecule has 4 heteroatoms. The summed E-state index contributed by atoms with van der Waals surface area (Å²) in [6, 6.07) is 0.568. The smallest absolute Gasteiger partial charge is 0.303 e. The molecule has 2 aliphatic heterocycles. The van der Waals surface area contributed by atoms with Gasteiger partial charge in [-0.25, -0.2) is 0 Å². The van der Waals surface area contributed by atoms with Crippen molar-refractivity contribution in [3.63, 3.8) is 0 Å². The van der Waals surface area contributed by atoms with Crippen LogP contribution < -0.4 is 0 Å². The highest BCUT2D eigenvalue weighted by molar-refractivity contribution is 5.67. The highest BCUT2D eigenvalue weighted by atomic mass is 16.5. The average Bonchev–Trinajstić information content (AvgIpc) is 2.39. The molecule has 0 bridgehead atoms. The van der Waals surface area contributed by atoms with Crippen LogP contribution in [0.3, 0.4) is 0 Å². The summed E-state index contributed by atoms with van der Waals surface area (Å²) < 4.78 is 5.56. The number of piperidine rings is 1. The molecule has 1 N–H and O–H groups in total. The van der Waals surface area contributed by atoms with Gasteiger partial charge in [-0.2, -0.15) is 0 Å². The van der Waals surface area contributed by atoms with Crippen LogP contribution in [0.2, 0.25) is 0 Å². The van der Waals surface area contributed by atoms with Crippen molar-refractivity contribution in [3.05, 3.63) is 0 Å². The highest BCUT2D eigenvalue weighted by Gasteiger charge is 2.30. The Labute approximate surface area is 109 Å². The van der Waals surface area contributed by atoms with Gasteiger partial charge in [0, 0.05) is 25.6 Å². The lowest BCUT2D eigenvalue weighted by molar-refractivity contribution is -0.138. The molecule has 18 heavy (non-hydrogen) atoms. The number of rotatable bonds is 4. The van der Waals surface area contributed by atoms with Crippen molar-refractivity contribution in [2.75, 3.05) is 26.3 Å². The molecule has 2 rings (SSSR count). The average molecular weight is 255 g/mol. The van der Waals surface area contributed by atoms with Gasteiger partial charge in [-0.05, 0) is 44.1 Å². The third kappa shape index (κ3) is 3.69. The van der Waals surface area contributed by atoms with Crippen LogP contribution in [0.25, 0.3) is 0 Å². The van der Waals surface area contributed by atoms with Crippen molar-refractivity contribution in [1.82, 2.24) is 4.90 Å². The van der Waals surface area contributed by atoms with E-state index in [0.717, 1.165) is 32.7 Å². The summed E-state index contributed by atoms with van der Waals surface area (Å²) in [4.78, 5) is 13.3. The predicted molar refractivity (Wildman–Crippen MR) is 69.6 cm³/mol. The lowest BCUT2D eigenvalue weighted by atomic mass is 9.84.